The Hall–Kier alpha value is -1.58. The standard InChI is InChI=1S/C16H19NO2/c1-17-15(13-6-8-18-11-13)10-16-14-5-3-2-4-12(14)7-9-19-16/h2-6,8,11,15-17H,7,9-10H2,1H3. The number of fused-ring (bicyclic) bond motifs is 1. The number of furan rings is 1. The molecule has 0 bridgehead atoms. The fourth-order valence-electron chi connectivity index (χ4n) is 2.78. The Bertz CT molecular complexity index is 521. The van der Waals surface area contributed by atoms with E-state index in [1.807, 2.05) is 13.1 Å². The fourth-order valence-corrected chi connectivity index (χ4v) is 2.78. The predicted molar refractivity (Wildman–Crippen MR) is 74.0 cm³/mol. The summed E-state index contributed by atoms with van der Waals surface area (Å²) >= 11 is 0. The highest BCUT2D eigenvalue weighted by molar-refractivity contribution is 5.31. The summed E-state index contributed by atoms with van der Waals surface area (Å²) in [5.74, 6) is 0. The van der Waals surface area contributed by atoms with Crippen LogP contribution in [0.3, 0.4) is 0 Å². The molecule has 1 aliphatic rings. The molecule has 0 saturated carbocycles. The average molecular weight is 257 g/mol. The number of ether oxygens (including phenoxy) is 1. The lowest BCUT2D eigenvalue weighted by atomic mass is 9.92. The summed E-state index contributed by atoms with van der Waals surface area (Å²) in [6.07, 6.45) is 5.62. The minimum atomic E-state index is 0.164. The first-order valence-corrected chi connectivity index (χ1v) is 6.77. The lowest BCUT2D eigenvalue weighted by Crippen LogP contribution is -2.23. The van der Waals surface area contributed by atoms with Gasteiger partial charge in [0.25, 0.3) is 0 Å². The van der Waals surface area contributed by atoms with Crippen molar-refractivity contribution in [2.75, 3.05) is 13.7 Å². The molecule has 3 nitrogen and oxygen atoms in total. The van der Waals surface area contributed by atoms with Crippen molar-refractivity contribution in [2.45, 2.75) is 25.0 Å². The molecule has 2 heterocycles. The lowest BCUT2D eigenvalue weighted by molar-refractivity contribution is 0.0298. The monoisotopic (exact) mass is 257 g/mol. The van der Waals surface area contributed by atoms with Crippen LogP contribution in [0.1, 0.15) is 35.3 Å². The maximum atomic E-state index is 5.96. The van der Waals surface area contributed by atoms with Gasteiger partial charge in [0.2, 0.25) is 0 Å². The summed E-state index contributed by atoms with van der Waals surface area (Å²) < 4.78 is 11.1. The molecule has 2 aromatic rings. The van der Waals surface area contributed by atoms with Gasteiger partial charge in [-0.2, -0.15) is 0 Å². The van der Waals surface area contributed by atoms with Gasteiger partial charge in [-0.3, -0.25) is 0 Å². The first-order chi connectivity index (χ1) is 9.38. The van der Waals surface area contributed by atoms with Crippen LogP contribution in [-0.2, 0) is 11.2 Å². The molecule has 0 aliphatic carbocycles. The van der Waals surface area contributed by atoms with Crippen molar-refractivity contribution < 1.29 is 9.15 Å². The van der Waals surface area contributed by atoms with Crippen LogP contribution >= 0.6 is 0 Å². The SMILES string of the molecule is CNC(CC1OCCc2ccccc21)c1ccoc1. The molecular weight excluding hydrogens is 238 g/mol. The highest BCUT2D eigenvalue weighted by atomic mass is 16.5. The zero-order chi connectivity index (χ0) is 13.1. The van der Waals surface area contributed by atoms with Gasteiger partial charge in [-0.15, -0.1) is 0 Å². The molecule has 3 heteroatoms. The third kappa shape index (κ3) is 2.57. The fraction of sp³-hybridized carbons (Fsp3) is 0.375. The first-order valence-electron chi connectivity index (χ1n) is 6.77. The quantitative estimate of drug-likeness (QED) is 0.913. The summed E-state index contributed by atoms with van der Waals surface area (Å²) in [6.45, 7) is 0.809. The van der Waals surface area contributed by atoms with Crippen LogP contribution in [0.25, 0.3) is 0 Å². The van der Waals surface area contributed by atoms with Gasteiger partial charge in [0.1, 0.15) is 0 Å². The second-order valence-corrected chi connectivity index (χ2v) is 4.94. The molecule has 0 fully saturated rings. The third-order valence-corrected chi connectivity index (χ3v) is 3.84. The smallest absolute Gasteiger partial charge is 0.0950 e. The van der Waals surface area contributed by atoms with Gasteiger partial charge in [-0.25, -0.2) is 0 Å². The minimum absolute atomic E-state index is 0.164. The molecule has 0 spiro atoms. The molecule has 1 aliphatic heterocycles. The van der Waals surface area contributed by atoms with Crippen molar-refractivity contribution in [3.05, 3.63) is 59.5 Å². The number of benzene rings is 1. The molecule has 19 heavy (non-hydrogen) atoms. The summed E-state index contributed by atoms with van der Waals surface area (Å²) in [5.41, 5.74) is 3.92. The van der Waals surface area contributed by atoms with E-state index in [9.17, 15) is 0 Å². The van der Waals surface area contributed by atoms with Gasteiger partial charge in [-0.1, -0.05) is 24.3 Å². The maximum Gasteiger partial charge on any atom is 0.0950 e. The van der Waals surface area contributed by atoms with Crippen LogP contribution in [0.5, 0.6) is 0 Å². The molecule has 1 aromatic carbocycles. The average Bonchev–Trinajstić information content (AvgIpc) is 2.99. The van der Waals surface area contributed by atoms with E-state index < -0.39 is 0 Å². The van der Waals surface area contributed by atoms with E-state index in [1.54, 1.807) is 12.5 Å². The van der Waals surface area contributed by atoms with Gasteiger partial charge < -0.3 is 14.5 Å². The van der Waals surface area contributed by atoms with Crippen LogP contribution in [0.15, 0.2) is 47.3 Å². The Morgan fingerprint density at radius 3 is 3.00 bits per heavy atom. The molecule has 1 N–H and O–H groups in total. The summed E-state index contributed by atoms with van der Waals surface area (Å²) in [4.78, 5) is 0. The van der Waals surface area contributed by atoms with Gasteiger partial charge >= 0.3 is 0 Å². The molecule has 100 valence electrons. The van der Waals surface area contributed by atoms with E-state index in [2.05, 4.69) is 29.6 Å². The Balaban J connectivity index is 1.80. The van der Waals surface area contributed by atoms with Crippen LogP contribution < -0.4 is 5.32 Å². The van der Waals surface area contributed by atoms with E-state index in [1.165, 1.54) is 16.7 Å². The first kappa shape index (κ1) is 12.5. The summed E-state index contributed by atoms with van der Waals surface area (Å²) in [7, 11) is 1.98. The maximum absolute atomic E-state index is 5.96. The highest BCUT2D eigenvalue weighted by Crippen LogP contribution is 2.34. The van der Waals surface area contributed by atoms with Gasteiger partial charge in [0.15, 0.2) is 0 Å². The predicted octanol–water partition coefficient (Wildman–Crippen LogP) is 3.24. The Kier molecular flexibility index (Phi) is 3.67. The number of hydrogen-bond donors (Lipinski definition) is 1. The van der Waals surface area contributed by atoms with E-state index in [0.29, 0.717) is 0 Å². The van der Waals surface area contributed by atoms with E-state index >= 15 is 0 Å². The molecular formula is C16H19NO2. The Morgan fingerprint density at radius 2 is 2.21 bits per heavy atom. The van der Waals surface area contributed by atoms with Crippen molar-refractivity contribution in [3.8, 4) is 0 Å². The molecule has 0 amide bonds. The van der Waals surface area contributed by atoms with E-state index in [0.717, 1.165) is 19.4 Å². The minimum Gasteiger partial charge on any atom is -0.472 e. The highest BCUT2D eigenvalue weighted by Gasteiger charge is 2.24. The van der Waals surface area contributed by atoms with Crippen LogP contribution in [-0.4, -0.2) is 13.7 Å². The molecule has 2 unspecified atom stereocenters. The zero-order valence-electron chi connectivity index (χ0n) is 11.1. The van der Waals surface area contributed by atoms with E-state index in [-0.39, 0.29) is 12.1 Å². The van der Waals surface area contributed by atoms with Gasteiger partial charge in [0, 0.05) is 11.6 Å². The second-order valence-electron chi connectivity index (χ2n) is 4.94. The van der Waals surface area contributed by atoms with Crippen molar-refractivity contribution in [1.82, 2.24) is 5.32 Å². The molecule has 2 atom stereocenters. The van der Waals surface area contributed by atoms with Crippen LogP contribution in [0.2, 0.25) is 0 Å². The zero-order valence-corrected chi connectivity index (χ0v) is 11.1. The summed E-state index contributed by atoms with van der Waals surface area (Å²) in [6, 6.07) is 10.9. The van der Waals surface area contributed by atoms with Gasteiger partial charge in [0.05, 0.1) is 25.2 Å². The lowest BCUT2D eigenvalue weighted by Gasteiger charge is -2.29. The number of nitrogens with one attached hydrogen (secondary N) is 1. The van der Waals surface area contributed by atoms with Crippen molar-refractivity contribution in [1.29, 1.82) is 0 Å². The largest absolute Gasteiger partial charge is 0.472 e. The molecule has 1 aromatic heterocycles. The topological polar surface area (TPSA) is 34.4 Å². The van der Waals surface area contributed by atoms with Crippen molar-refractivity contribution in [3.63, 3.8) is 0 Å². The van der Waals surface area contributed by atoms with Crippen molar-refractivity contribution >= 4 is 0 Å². The normalized spacial score (nSPS) is 19.9. The molecule has 0 saturated heterocycles. The number of rotatable bonds is 4. The molecule has 3 rings (SSSR count). The van der Waals surface area contributed by atoms with Crippen LogP contribution in [0.4, 0.5) is 0 Å². The summed E-state index contributed by atoms with van der Waals surface area (Å²) in [5, 5.41) is 3.34. The van der Waals surface area contributed by atoms with Crippen LogP contribution in [0, 0.1) is 0 Å². The third-order valence-electron chi connectivity index (χ3n) is 3.84. The Morgan fingerprint density at radius 1 is 1.32 bits per heavy atom. The second kappa shape index (κ2) is 5.59. The van der Waals surface area contributed by atoms with Crippen molar-refractivity contribution in [2.24, 2.45) is 0 Å². The van der Waals surface area contributed by atoms with E-state index in [4.69, 9.17) is 9.15 Å². The van der Waals surface area contributed by atoms with Gasteiger partial charge in [-0.05, 0) is 37.1 Å². The number of hydrogen-bond acceptors (Lipinski definition) is 3. The Labute approximate surface area is 113 Å². The molecule has 0 radical (unpaired) electrons.